The molecule has 5 rings (SSSR count). The van der Waals surface area contributed by atoms with Crippen molar-refractivity contribution in [3.05, 3.63) is 70.4 Å². The maximum atomic E-state index is 12.8. The Kier molecular flexibility index (Phi) is 8.01. The summed E-state index contributed by atoms with van der Waals surface area (Å²) < 4.78 is 5.47. The molecule has 0 spiro atoms. The molecule has 2 saturated heterocycles. The number of morpholine rings is 1. The summed E-state index contributed by atoms with van der Waals surface area (Å²) in [6, 6.07) is 14.2. The fourth-order valence-electron chi connectivity index (χ4n) is 4.68. The van der Waals surface area contributed by atoms with Gasteiger partial charge in [-0.2, -0.15) is 4.98 Å². The van der Waals surface area contributed by atoms with E-state index < -0.39 is 4.92 Å². The molecular formula is C27H30N8O5. The van der Waals surface area contributed by atoms with Gasteiger partial charge in [0.2, 0.25) is 11.8 Å². The lowest BCUT2D eigenvalue weighted by Crippen LogP contribution is -2.50. The number of urea groups is 1. The summed E-state index contributed by atoms with van der Waals surface area (Å²) in [5.41, 5.74) is 2.72. The smallest absolute Gasteiger partial charge is 0.329 e. The molecule has 40 heavy (non-hydrogen) atoms. The predicted octanol–water partition coefficient (Wildman–Crippen LogP) is 3.52. The van der Waals surface area contributed by atoms with Gasteiger partial charge in [-0.15, -0.1) is 0 Å². The van der Waals surface area contributed by atoms with E-state index in [1.807, 2.05) is 24.3 Å². The summed E-state index contributed by atoms with van der Waals surface area (Å²) in [4.78, 5) is 50.0. The molecule has 2 fully saturated rings. The van der Waals surface area contributed by atoms with Gasteiger partial charge in [0.25, 0.3) is 0 Å². The second kappa shape index (κ2) is 11.9. The zero-order chi connectivity index (χ0) is 28.1. The van der Waals surface area contributed by atoms with Gasteiger partial charge < -0.3 is 30.1 Å². The summed E-state index contributed by atoms with van der Waals surface area (Å²) in [6.45, 7) is 5.70. The average Bonchev–Trinajstić information content (AvgIpc) is 2.98. The molecule has 208 valence electrons. The summed E-state index contributed by atoms with van der Waals surface area (Å²) in [5.74, 6) is 0.397. The number of anilines is 5. The van der Waals surface area contributed by atoms with Crippen molar-refractivity contribution in [3.8, 4) is 0 Å². The zero-order valence-corrected chi connectivity index (χ0v) is 22.1. The van der Waals surface area contributed by atoms with Gasteiger partial charge in [-0.3, -0.25) is 14.9 Å². The van der Waals surface area contributed by atoms with E-state index in [9.17, 15) is 19.7 Å². The largest absolute Gasteiger partial charge is 0.378 e. The lowest BCUT2D eigenvalue weighted by molar-refractivity contribution is -0.384. The number of rotatable bonds is 7. The Morgan fingerprint density at radius 3 is 2.33 bits per heavy atom. The first-order valence-electron chi connectivity index (χ1n) is 13.0. The Bertz CT molecular complexity index is 1390. The van der Waals surface area contributed by atoms with Crippen molar-refractivity contribution >= 4 is 46.3 Å². The molecule has 2 aliphatic rings. The molecular weight excluding hydrogens is 516 g/mol. The van der Waals surface area contributed by atoms with E-state index in [4.69, 9.17) is 4.74 Å². The first kappa shape index (κ1) is 26.8. The summed E-state index contributed by atoms with van der Waals surface area (Å²) in [7, 11) is 0. The van der Waals surface area contributed by atoms with Crippen molar-refractivity contribution in [1.82, 2.24) is 14.9 Å². The second-order valence-electron chi connectivity index (χ2n) is 9.44. The van der Waals surface area contributed by atoms with E-state index in [-0.39, 0.29) is 29.3 Å². The van der Waals surface area contributed by atoms with Gasteiger partial charge in [0.05, 0.1) is 29.5 Å². The summed E-state index contributed by atoms with van der Waals surface area (Å²) in [6.07, 6.45) is 1.21. The SMILES string of the molecule is CC(=O)c1ccc(NC(=O)N2CCN(c3nc(Nc4ccccc4N4CCOCC4)ncc3[N+](=O)[O-])CC2)cc1. The van der Waals surface area contributed by atoms with Crippen LogP contribution >= 0.6 is 0 Å². The molecule has 0 bridgehead atoms. The van der Waals surface area contributed by atoms with Crippen molar-refractivity contribution in [1.29, 1.82) is 0 Å². The standard InChI is InChI=1S/C27H30N8O5/c1-19(36)20-6-8-21(9-7-20)29-27(37)34-12-10-33(11-13-34)25-24(35(38)39)18-28-26(31-25)30-22-4-2-3-5-23(22)32-14-16-40-17-15-32/h2-9,18H,10-17H2,1H3,(H,29,37)(H,28,30,31). The monoisotopic (exact) mass is 546 g/mol. The van der Waals surface area contributed by atoms with Crippen molar-refractivity contribution in [3.63, 3.8) is 0 Å². The number of amides is 2. The molecule has 0 unspecified atom stereocenters. The third-order valence-corrected chi connectivity index (χ3v) is 6.86. The molecule has 2 N–H and O–H groups in total. The molecule has 0 radical (unpaired) electrons. The third kappa shape index (κ3) is 6.10. The highest BCUT2D eigenvalue weighted by Gasteiger charge is 2.28. The fraction of sp³-hybridized carbons (Fsp3) is 0.333. The van der Waals surface area contributed by atoms with Gasteiger partial charge in [0.15, 0.2) is 5.78 Å². The quantitative estimate of drug-likeness (QED) is 0.256. The first-order chi connectivity index (χ1) is 19.4. The Labute approximate surface area is 230 Å². The van der Waals surface area contributed by atoms with E-state index in [2.05, 4.69) is 25.5 Å². The number of nitrogens with zero attached hydrogens (tertiary/aromatic N) is 6. The number of ether oxygens (including phenoxy) is 1. The van der Waals surface area contributed by atoms with Crippen LogP contribution in [0.1, 0.15) is 17.3 Å². The van der Waals surface area contributed by atoms with E-state index in [1.54, 1.807) is 34.1 Å². The molecule has 13 heteroatoms. The van der Waals surface area contributed by atoms with Crippen LogP contribution in [0.15, 0.2) is 54.7 Å². The minimum atomic E-state index is -0.495. The molecule has 13 nitrogen and oxygen atoms in total. The van der Waals surface area contributed by atoms with Gasteiger partial charge in [0.1, 0.15) is 6.20 Å². The van der Waals surface area contributed by atoms with Crippen molar-refractivity contribution in [2.75, 3.05) is 72.9 Å². The van der Waals surface area contributed by atoms with E-state index in [1.165, 1.54) is 13.1 Å². The number of benzene rings is 2. The van der Waals surface area contributed by atoms with Gasteiger partial charge in [-0.25, -0.2) is 9.78 Å². The van der Waals surface area contributed by atoms with Gasteiger partial charge in [0, 0.05) is 50.5 Å². The van der Waals surface area contributed by atoms with Crippen molar-refractivity contribution < 1.29 is 19.2 Å². The summed E-state index contributed by atoms with van der Waals surface area (Å²) in [5, 5.41) is 17.9. The predicted molar refractivity (Wildman–Crippen MR) is 151 cm³/mol. The fourth-order valence-corrected chi connectivity index (χ4v) is 4.68. The summed E-state index contributed by atoms with van der Waals surface area (Å²) >= 11 is 0. The maximum Gasteiger partial charge on any atom is 0.329 e. The van der Waals surface area contributed by atoms with Crippen molar-refractivity contribution in [2.45, 2.75) is 6.92 Å². The minimum absolute atomic E-state index is 0.0486. The number of Topliss-reactive ketones (excluding diaryl/α,β-unsaturated/α-hetero) is 1. The number of carbonyl (C=O) groups excluding carboxylic acids is 2. The Hall–Kier alpha value is -4.78. The number of ketones is 1. The molecule has 0 saturated carbocycles. The molecule has 2 aliphatic heterocycles. The number of piperazine rings is 1. The van der Waals surface area contributed by atoms with Crippen LogP contribution in [0.3, 0.4) is 0 Å². The molecule has 1 aromatic heterocycles. The highest BCUT2D eigenvalue weighted by Crippen LogP contribution is 2.31. The lowest BCUT2D eigenvalue weighted by atomic mass is 10.1. The highest BCUT2D eigenvalue weighted by molar-refractivity contribution is 5.95. The van der Waals surface area contributed by atoms with Gasteiger partial charge in [-0.05, 0) is 43.3 Å². The second-order valence-corrected chi connectivity index (χ2v) is 9.44. The van der Waals surface area contributed by atoms with E-state index >= 15 is 0 Å². The maximum absolute atomic E-state index is 12.8. The van der Waals surface area contributed by atoms with Crippen LogP contribution in [0.25, 0.3) is 0 Å². The van der Waals surface area contributed by atoms with Crippen LogP contribution in [0, 0.1) is 10.1 Å². The van der Waals surface area contributed by atoms with Gasteiger partial charge >= 0.3 is 11.7 Å². The zero-order valence-electron chi connectivity index (χ0n) is 22.1. The van der Waals surface area contributed by atoms with E-state index in [0.717, 1.165) is 24.5 Å². The third-order valence-electron chi connectivity index (χ3n) is 6.86. The molecule has 3 heterocycles. The number of para-hydroxylation sites is 2. The molecule has 2 amide bonds. The van der Waals surface area contributed by atoms with Crippen LogP contribution in [0.5, 0.6) is 0 Å². The normalized spacial score (nSPS) is 15.5. The van der Waals surface area contributed by atoms with Crippen LogP contribution in [-0.2, 0) is 4.74 Å². The first-order valence-corrected chi connectivity index (χ1v) is 13.0. The molecule has 2 aromatic carbocycles. The number of nitro groups is 1. The minimum Gasteiger partial charge on any atom is -0.378 e. The highest BCUT2D eigenvalue weighted by atomic mass is 16.6. The number of hydrogen-bond acceptors (Lipinski definition) is 10. The number of nitrogens with one attached hydrogen (secondary N) is 2. The van der Waals surface area contributed by atoms with Crippen molar-refractivity contribution in [2.24, 2.45) is 0 Å². The van der Waals surface area contributed by atoms with Crippen LogP contribution < -0.4 is 20.4 Å². The lowest BCUT2D eigenvalue weighted by Gasteiger charge is -2.35. The average molecular weight is 547 g/mol. The Morgan fingerprint density at radius 2 is 1.65 bits per heavy atom. The van der Waals surface area contributed by atoms with E-state index in [0.29, 0.717) is 50.6 Å². The van der Waals surface area contributed by atoms with Gasteiger partial charge in [-0.1, -0.05) is 12.1 Å². The van der Waals surface area contributed by atoms with Crippen LogP contribution in [0.2, 0.25) is 0 Å². The number of carbonyl (C=O) groups is 2. The molecule has 0 atom stereocenters. The molecule has 3 aromatic rings. The number of aromatic nitrogens is 2. The molecule has 0 aliphatic carbocycles. The van der Waals surface area contributed by atoms with Crippen LogP contribution in [-0.4, -0.2) is 84.1 Å². The Balaban J connectivity index is 1.27. The topological polar surface area (TPSA) is 146 Å². The number of hydrogen-bond donors (Lipinski definition) is 2. The Morgan fingerprint density at radius 1 is 0.950 bits per heavy atom. The van der Waals surface area contributed by atoms with Crippen LogP contribution in [0.4, 0.5) is 39.3 Å².